The molecule has 2 N–H and O–H groups in total. The van der Waals surface area contributed by atoms with E-state index in [9.17, 15) is 4.79 Å². The zero-order valence-corrected chi connectivity index (χ0v) is 13.1. The Morgan fingerprint density at radius 2 is 1.96 bits per heavy atom. The second-order valence-corrected chi connectivity index (χ2v) is 6.19. The molecule has 23 heavy (non-hydrogen) atoms. The summed E-state index contributed by atoms with van der Waals surface area (Å²) in [5.74, 6) is 0.132. The molecule has 1 aliphatic rings. The lowest BCUT2D eigenvalue weighted by Crippen LogP contribution is -2.23. The van der Waals surface area contributed by atoms with Crippen molar-refractivity contribution in [2.75, 3.05) is 24.3 Å². The van der Waals surface area contributed by atoms with Gasteiger partial charge in [-0.15, -0.1) is 0 Å². The van der Waals surface area contributed by atoms with Crippen LogP contribution >= 0.6 is 0 Å². The van der Waals surface area contributed by atoms with Gasteiger partial charge in [0.1, 0.15) is 0 Å². The van der Waals surface area contributed by atoms with Gasteiger partial charge in [-0.25, -0.2) is 0 Å². The standard InChI is InChI=1S/C18H18N4O/c1-22(2)13-5-3-11(4-6-13)14-8-18(23)20-17-9-16-12(7-15(14)17)10-19-21-16/h3-7,9-10,14H,8H2,1-2H3,(H,19,21)(H,20,23)/t14-/m1/s1. The number of hydrogen-bond acceptors (Lipinski definition) is 3. The average Bonchev–Trinajstić information content (AvgIpc) is 2.99. The van der Waals surface area contributed by atoms with Crippen molar-refractivity contribution >= 4 is 28.2 Å². The second-order valence-electron chi connectivity index (χ2n) is 6.19. The van der Waals surface area contributed by atoms with Crippen LogP contribution in [-0.4, -0.2) is 30.2 Å². The first-order chi connectivity index (χ1) is 11.1. The Labute approximate surface area is 134 Å². The molecule has 5 heteroatoms. The van der Waals surface area contributed by atoms with Crippen LogP contribution in [0.4, 0.5) is 11.4 Å². The fourth-order valence-corrected chi connectivity index (χ4v) is 3.20. The highest BCUT2D eigenvalue weighted by Crippen LogP contribution is 2.39. The van der Waals surface area contributed by atoms with Crippen LogP contribution < -0.4 is 10.2 Å². The maximum atomic E-state index is 12.1. The number of aromatic nitrogens is 2. The first kappa shape index (κ1) is 13.8. The van der Waals surface area contributed by atoms with E-state index in [0.717, 1.165) is 33.4 Å². The third kappa shape index (κ3) is 2.34. The van der Waals surface area contributed by atoms with E-state index in [-0.39, 0.29) is 11.8 Å². The summed E-state index contributed by atoms with van der Waals surface area (Å²) < 4.78 is 0. The number of nitrogens with one attached hydrogen (secondary N) is 2. The molecule has 0 aliphatic carbocycles. The van der Waals surface area contributed by atoms with E-state index in [2.05, 4.69) is 50.7 Å². The topological polar surface area (TPSA) is 61.0 Å². The van der Waals surface area contributed by atoms with Crippen LogP contribution in [0.3, 0.4) is 0 Å². The zero-order valence-electron chi connectivity index (χ0n) is 13.1. The van der Waals surface area contributed by atoms with Gasteiger partial charge in [0.2, 0.25) is 5.91 Å². The largest absolute Gasteiger partial charge is 0.378 e. The van der Waals surface area contributed by atoms with Crippen LogP contribution in [0.15, 0.2) is 42.6 Å². The summed E-state index contributed by atoms with van der Waals surface area (Å²) in [6.07, 6.45) is 2.29. The van der Waals surface area contributed by atoms with Crippen LogP contribution in [-0.2, 0) is 4.79 Å². The SMILES string of the molecule is CN(C)c1ccc([C@H]2CC(=O)Nc3cc4[nH]ncc4cc32)cc1. The summed E-state index contributed by atoms with van der Waals surface area (Å²) in [6, 6.07) is 12.5. The lowest BCUT2D eigenvalue weighted by Gasteiger charge is -2.26. The number of carbonyl (C=O) groups is 1. The molecule has 4 rings (SSSR count). The molecule has 0 fully saturated rings. The molecule has 1 aromatic heterocycles. The smallest absolute Gasteiger partial charge is 0.225 e. The van der Waals surface area contributed by atoms with Gasteiger partial charge in [-0.2, -0.15) is 5.10 Å². The number of H-pyrrole nitrogens is 1. The van der Waals surface area contributed by atoms with Crippen molar-refractivity contribution in [3.63, 3.8) is 0 Å². The fourth-order valence-electron chi connectivity index (χ4n) is 3.20. The number of hydrogen-bond donors (Lipinski definition) is 2. The maximum absolute atomic E-state index is 12.1. The van der Waals surface area contributed by atoms with Crippen LogP contribution in [0, 0.1) is 0 Å². The number of benzene rings is 2. The summed E-state index contributed by atoms with van der Waals surface area (Å²) in [6.45, 7) is 0. The van der Waals surface area contributed by atoms with Crippen LogP contribution in [0.1, 0.15) is 23.5 Å². The van der Waals surface area contributed by atoms with E-state index in [1.165, 1.54) is 0 Å². The van der Waals surface area contributed by atoms with Gasteiger partial charge >= 0.3 is 0 Å². The molecule has 1 atom stereocenters. The Morgan fingerprint density at radius 3 is 2.70 bits per heavy atom. The number of aromatic amines is 1. The lowest BCUT2D eigenvalue weighted by molar-refractivity contribution is -0.116. The molecule has 0 radical (unpaired) electrons. The molecule has 5 nitrogen and oxygen atoms in total. The molecule has 0 saturated heterocycles. The summed E-state index contributed by atoms with van der Waals surface area (Å²) >= 11 is 0. The monoisotopic (exact) mass is 306 g/mol. The van der Waals surface area contributed by atoms with Gasteiger partial charge in [-0.05, 0) is 35.4 Å². The molecule has 1 aliphatic heterocycles. The third-order valence-electron chi connectivity index (χ3n) is 4.46. The van der Waals surface area contributed by atoms with Crippen molar-refractivity contribution in [1.29, 1.82) is 0 Å². The summed E-state index contributed by atoms with van der Waals surface area (Å²) in [5, 5.41) is 11.1. The van der Waals surface area contributed by atoms with E-state index in [4.69, 9.17) is 0 Å². The molecule has 116 valence electrons. The summed E-state index contributed by atoms with van der Waals surface area (Å²) in [5.41, 5.74) is 5.28. The number of nitrogens with zero attached hydrogens (tertiary/aromatic N) is 2. The Morgan fingerprint density at radius 1 is 1.17 bits per heavy atom. The minimum atomic E-state index is 0.0538. The Kier molecular flexibility index (Phi) is 3.08. The number of rotatable bonds is 2. The third-order valence-corrected chi connectivity index (χ3v) is 4.46. The molecule has 3 aromatic rings. The minimum Gasteiger partial charge on any atom is -0.378 e. The van der Waals surface area contributed by atoms with E-state index >= 15 is 0 Å². The highest BCUT2D eigenvalue weighted by atomic mass is 16.1. The molecule has 2 heterocycles. The highest BCUT2D eigenvalue weighted by Gasteiger charge is 2.27. The van der Waals surface area contributed by atoms with Gasteiger partial charge in [-0.1, -0.05) is 12.1 Å². The van der Waals surface area contributed by atoms with Crippen LogP contribution in [0.5, 0.6) is 0 Å². The first-order valence-electron chi connectivity index (χ1n) is 7.66. The van der Waals surface area contributed by atoms with Crippen molar-refractivity contribution in [1.82, 2.24) is 10.2 Å². The number of anilines is 2. The lowest BCUT2D eigenvalue weighted by atomic mass is 9.84. The molecule has 1 amide bonds. The highest BCUT2D eigenvalue weighted by molar-refractivity contribution is 5.98. The van der Waals surface area contributed by atoms with E-state index in [1.54, 1.807) is 0 Å². The second kappa shape index (κ2) is 5.12. The van der Waals surface area contributed by atoms with Gasteiger partial charge in [0.05, 0.1) is 11.7 Å². The van der Waals surface area contributed by atoms with Crippen molar-refractivity contribution in [3.8, 4) is 0 Å². The van der Waals surface area contributed by atoms with Gasteiger partial charge in [0.25, 0.3) is 0 Å². The number of carbonyl (C=O) groups excluding carboxylic acids is 1. The zero-order chi connectivity index (χ0) is 16.0. The Hall–Kier alpha value is -2.82. The Balaban J connectivity index is 1.81. The summed E-state index contributed by atoms with van der Waals surface area (Å²) in [7, 11) is 4.04. The van der Waals surface area contributed by atoms with E-state index < -0.39 is 0 Å². The van der Waals surface area contributed by atoms with Crippen LogP contribution in [0.2, 0.25) is 0 Å². The fraction of sp³-hybridized carbons (Fsp3) is 0.222. The molecule has 2 aromatic carbocycles. The predicted molar refractivity (Wildman–Crippen MR) is 92.0 cm³/mol. The van der Waals surface area contributed by atoms with Gasteiger partial charge in [-0.3, -0.25) is 9.89 Å². The minimum absolute atomic E-state index is 0.0538. The molecule has 0 saturated carbocycles. The van der Waals surface area contributed by atoms with E-state index in [0.29, 0.717) is 6.42 Å². The summed E-state index contributed by atoms with van der Waals surface area (Å²) in [4.78, 5) is 14.2. The molecule has 0 spiro atoms. The predicted octanol–water partition coefficient (Wildman–Crippen LogP) is 3.10. The number of fused-ring (bicyclic) bond motifs is 2. The van der Waals surface area contributed by atoms with Gasteiger partial charge in [0.15, 0.2) is 0 Å². The maximum Gasteiger partial charge on any atom is 0.225 e. The first-order valence-corrected chi connectivity index (χ1v) is 7.66. The molecule has 0 unspecified atom stereocenters. The van der Waals surface area contributed by atoms with Crippen molar-refractivity contribution in [2.45, 2.75) is 12.3 Å². The van der Waals surface area contributed by atoms with Crippen molar-refractivity contribution < 1.29 is 4.79 Å². The Bertz CT molecular complexity index is 880. The van der Waals surface area contributed by atoms with Crippen molar-refractivity contribution in [2.24, 2.45) is 0 Å². The quantitative estimate of drug-likeness (QED) is 0.765. The van der Waals surface area contributed by atoms with Gasteiger partial charge in [0, 0.05) is 43.2 Å². The van der Waals surface area contributed by atoms with Crippen molar-refractivity contribution in [3.05, 3.63) is 53.7 Å². The average molecular weight is 306 g/mol. The normalized spacial score (nSPS) is 17.0. The van der Waals surface area contributed by atoms with Crippen LogP contribution in [0.25, 0.3) is 10.9 Å². The molecular formula is C18H18N4O. The molecule has 0 bridgehead atoms. The van der Waals surface area contributed by atoms with Gasteiger partial charge < -0.3 is 10.2 Å². The molecular weight excluding hydrogens is 288 g/mol. The van der Waals surface area contributed by atoms with E-state index in [1.807, 2.05) is 26.4 Å². The number of amides is 1.